The van der Waals surface area contributed by atoms with E-state index in [1.54, 1.807) is 26.0 Å². The summed E-state index contributed by atoms with van der Waals surface area (Å²) in [5.74, 6) is 3.02. The van der Waals surface area contributed by atoms with Crippen LogP contribution in [-0.2, 0) is 19.4 Å². The van der Waals surface area contributed by atoms with E-state index in [-0.39, 0.29) is 6.04 Å². The topological polar surface area (TPSA) is 46.2 Å². The predicted molar refractivity (Wildman–Crippen MR) is 246 cm³/mol. The van der Waals surface area contributed by atoms with Crippen molar-refractivity contribution >= 4 is 17.4 Å². The molecule has 310 valence electrons. The van der Waals surface area contributed by atoms with Crippen molar-refractivity contribution in [2.45, 2.75) is 109 Å². The van der Waals surface area contributed by atoms with Gasteiger partial charge in [-0.1, -0.05) is 70.9 Å². The Hall–Kier alpha value is -4.33. The fourth-order valence-electron chi connectivity index (χ4n) is 8.74. The summed E-state index contributed by atoms with van der Waals surface area (Å²) in [7, 11) is 5.29. The monoisotopic (exact) mass is 801 g/mol. The van der Waals surface area contributed by atoms with Gasteiger partial charge in [-0.25, -0.2) is 0 Å². The van der Waals surface area contributed by atoms with Crippen LogP contribution in [0.4, 0.5) is 5.69 Å². The Kier molecular flexibility index (Phi) is 15.7. The Morgan fingerprint density at radius 3 is 2.29 bits per heavy atom. The zero-order chi connectivity index (χ0) is 41.0. The standard InChI is InChI=1S/C51H67N3O3S/c1-9-12-17-46-40(14-10-2)30-42(33-49(46)55-5)48-29-38(22-25-52-48)34-53-26-23-44(24-27-53)54(43-18-20-45(58-8)21-19-43)35-37-15-13-16-39(28-37)41-31-47(36(4)11-3)51(57-7)50(32-41)56-6/h13,15-16,18-22,25,28-33,36,44,48,52H,9-12,14,17,23-24,26-27,34-35H2,1-8H3. The van der Waals surface area contributed by atoms with Gasteiger partial charge in [0.05, 0.1) is 27.4 Å². The van der Waals surface area contributed by atoms with Crippen LogP contribution in [0.25, 0.3) is 11.1 Å². The minimum absolute atomic E-state index is 0.137. The summed E-state index contributed by atoms with van der Waals surface area (Å²) in [5.41, 5.74) is 11.6. The van der Waals surface area contributed by atoms with Gasteiger partial charge in [-0.3, -0.25) is 4.90 Å². The lowest BCUT2D eigenvalue weighted by molar-refractivity contribution is 0.224. The van der Waals surface area contributed by atoms with E-state index in [0.717, 1.165) is 87.5 Å². The number of thioether (sulfide) groups is 1. The number of likely N-dealkylation sites (tertiary alicyclic amines) is 1. The van der Waals surface area contributed by atoms with E-state index in [9.17, 15) is 0 Å². The molecule has 1 saturated heterocycles. The average Bonchev–Trinajstić information content (AvgIpc) is 3.27. The summed E-state index contributed by atoms with van der Waals surface area (Å²) in [6.07, 6.45) is 17.9. The minimum atomic E-state index is 0.137. The van der Waals surface area contributed by atoms with E-state index in [1.807, 2.05) is 7.11 Å². The Morgan fingerprint density at radius 2 is 1.62 bits per heavy atom. The molecule has 2 aliphatic heterocycles. The average molecular weight is 802 g/mol. The highest BCUT2D eigenvalue weighted by molar-refractivity contribution is 7.98. The van der Waals surface area contributed by atoms with Crippen molar-refractivity contribution in [2.75, 3.05) is 52.1 Å². The largest absolute Gasteiger partial charge is 0.496 e. The van der Waals surface area contributed by atoms with Gasteiger partial charge < -0.3 is 24.4 Å². The summed E-state index contributed by atoms with van der Waals surface area (Å²) in [4.78, 5) is 6.60. The van der Waals surface area contributed by atoms with Gasteiger partial charge in [0, 0.05) is 48.4 Å². The van der Waals surface area contributed by atoms with Crippen LogP contribution < -0.4 is 24.4 Å². The van der Waals surface area contributed by atoms with E-state index in [0.29, 0.717) is 12.0 Å². The molecule has 1 fully saturated rings. The number of piperidine rings is 1. The number of hydrogen-bond acceptors (Lipinski definition) is 7. The highest BCUT2D eigenvalue weighted by Crippen LogP contribution is 2.41. The first-order chi connectivity index (χ1) is 28.3. The smallest absolute Gasteiger partial charge is 0.164 e. The molecule has 4 aromatic rings. The number of anilines is 1. The van der Waals surface area contributed by atoms with Crippen molar-refractivity contribution < 1.29 is 14.2 Å². The third kappa shape index (κ3) is 10.5. The number of hydrogen-bond donors (Lipinski definition) is 1. The lowest BCUT2D eigenvalue weighted by atomic mass is 9.91. The third-order valence-electron chi connectivity index (χ3n) is 12.2. The predicted octanol–water partition coefficient (Wildman–Crippen LogP) is 12.2. The highest BCUT2D eigenvalue weighted by Gasteiger charge is 2.27. The van der Waals surface area contributed by atoms with E-state index in [4.69, 9.17) is 14.2 Å². The second-order valence-corrected chi connectivity index (χ2v) is 17.0. The molecule has 0 bridgehead atoms. The van der Waals surface area contributed by atoms with Crippen LogP contribution >= 0.6 is 11.8 Å². The van der Waals surface area contributed by atoms with Gasteiger partial charge in [-0.15, -0.1) is 11.8 Å². The molecule has 2 heterocycles. The molecule has 4 aromatic carbocycles. The van der Waals surface area contributed by atoms with Gasteiger partial charge in [0.15, 0.2) is 11.5 Å². The van der Waals surface area contributed by atoms with Crippen molar-refractivity contribution in [2.24, 2.45) is 0 Å². The molecule has 2 aliphatic rings. The molecule has 0 radical (unpaired) electrons. The molecule has 6 rings (SSSR count). The van der Waals surface area contributed by atoms with Gasteiger partial charge in [-0.05, 0) is 150 Å². The second-order valence-electron chi connectivity index (χ2n) is 16.1. The highest BCUT2D eigenvalue weighted by atomic mass is 32.2. The zero-order valence-electron chi connectivity index (χ0n) is 36.4. The summed E-state index contributed by atoms with van der Waals surface area (Å²) < 4.78 is 17.7. The SMILES string of the molecule is CCCCc1c(CCC)cc(C2C=C(CN3CCC(N(Cc4cccc(-c5cc(OC)c(OC)c(C(C)CC)c5)c4)c4ccc(SC)cc4)CC3)C=CN2)cc1OC. The number of rotatable bonds is 19. The first-order valence-electron chi connectivity index (χ1n) is 21.6. The molecular formula is C51H67N3O3S. The van der Waals surface area contributed by atoms with Crippen LogP contribution in [0.15, 0.2) is 102 Å². The summed E-state index contributed by atoms with van der Waals surface area (Å²) in [6, 6.07) is 27.9. The van der Waals surface area contributed by atoms with Crippen LogP contribution in [0.2, 0.25) is 0 Å². The summed E-state index contributed by atoms with van der Waals surface area (Å²) in [6.45, 7) is 13.0. The Morgan fingerprint density at radius 1 is 0.845 bits per heavy atom. The molecule has 7 heteroatoms. The van der Waals surface area contributed by atoms with Gasteiger partial charge in [0.2, 0.25) is 0 Å². The number of aryl methyl sites for hydroxylation is 1. The number of methoxy groups -OCH3 is 3. The van der Waals surface area contributed by atoms with Crippen molar-refractivity contribution in [3.05, 3.63) is 125 Å². The Balaban J connectivity index is 1.19. The van der Waals surface area contributed by atoms with Crippen LogP contribution in [0, 0.1) is 0 Å². The van der Waals surface area contributed by atoms with Gasteiger partial charge >= 0.3 is 0 Å². The van der Waals surface area contributed by atoms with Crippen LogP contribution in [0.5, 0.6) is 17.2 Å². The van der Waals surface area contributed by atoms with Crippen molar-refractivity contribution in [1.82, 2.24) is 10.2 Å². The Bertz CT molecular complexity index is 2000. The molecule has 2 unspecified atom stereocenters. The van der Waals surface area contributed by atoms with E-state index < -0.39 is 0 Å². The van der Waals surface area contributed by atoms with Gasteiger partial charge in [0.25, 0.3) is 0 Å². The molecular weight excluding hydrogens is 735 g/mol. The first kappa shape index (κ1) is 43.3. The number of nitrogens with zero attached hydrogens (tertiary/aromatic N) is 2. The lowest BCUT2D eigenvalue weighted by Gasteiger charge is -2.40. The maximum atomic E-state index is 5.99. The number of dihydropyridines is 1. The lowest BCUT2D eigenvalue weighted by Crippen LogP contribution is -2.45. The molecule has 0 aliphatic carbocycles. The van der Waals surface area contributed by atoms with E-state index >= 15 is 0 Å². The summed E-state index contributed by atoms with van der Waals surface area (Å²) in [5, 5.41) is 3.64. The van der Waals surface area contributed by atoms with Crippen molar-refractivity contribution in [1.29, 1.82) is 0 Å². The zero-order valence-corrected chi connectivity index (χ0v) is 37.2. The maximum absolute atomic E-state index is 5.99. The first-order valence-corrected chi connectivity index (χ1v) is 22.9. The maximum Gasteiger partial charge on any atom is 0.164 e. The number of ether oxygens (including phenoxy) is 3. The van der Waals surface area contributed by atoms with Gasteiger partial charge in [-0.2, -0.15) is 0 Å². The quantitative estimate of drug-likeness (QED) is 0.0948. The number of benzene rings is 4. The van der Waals surface area contributed by atoms with Crippen molar-refractivity contribution in [3.63, 3.8) is 0 Å². The molecule has 1 N–H and O–H groups in total. The molecule has 0 spiro atoms. The fourth-order valence-corrected chi connectivity index (χ4v) is 9.15. The van der Waals surface area contributed by atoms with Crippen LogP contribution in [0.3, 0.4) is 0 Å². The molecule has 2 atom stereocenters. The Labute approximate surface area is 354 Å². The third-order valence-corrected chi connectivity index (χ3v) is 13.0. The molecule has 0 saturated carbocycles. The second kappa shape index (κ2) is 21.1. The van der Waals surface area contributed by atoms with Crippen molar-refractivity contribution in [3.8, 4) is 28.4 Å². The fraction of sp³-hybridized carbons (Fsp3) is 0.451. The van der Waals surface area contributed by atoms with Crippen LogP contribution in [0.1, 0.15) is 106 Å². The van der Waals surface area contributed by atoms with E-state index in [1.165, 1.54) is 62.4 Å². The normalized spacial score (nSPS) is 16.4. The number of unbranched alkanes of at least 4 members (excludes halogenated alkanes) is 1. The minimum Gasteiger partial charge on any atom is -0.496 e. The van der Waals surface area contributed by atoms with E-state index in [2.05, 4.69) is 140 Å². The molecule has 58 heavy (non-hydrogen) atoms. The molecule has 0 amide bonds. The van der Waals surface area contributed by atoms with Gasteiger partial charge in [0.1, 0.15) is 5.75 Å². The molecule has 6 nitrogen and oxygen atoms in total. The van der Waals surface area contributed by atoms with Crippen LogP contribution in [-0.4, -0.2) is 58.2 Å². The number of nitrogens with one attached hydrogen (secondary N) is 1. The molecule has 0 aromatic heterocycles. The summed E-state index contributed by atoms with van der Waals surface area (Å²) >= 11 is 1.80.